The average molecular weight is 652 g/mol. The van der Waals surface area contributed by atoms with Gasteiger partial charge in [0.15, 0.2) is 0 Å². The van der Waals surface area contributed by atoms with Crippen LogP contribution >= 0.6 is 0 Å². The minimum absolute atomic E-state index is 0.0361. The van der Waals surface area contributed by atoms with E-state index in [1.165, 1.54) is 0 Å². The van der Waals surface area contributed by atoms with Gasteiger partial charge in [-0.05, 0) is 84.0 Å². The first-order valence-electron chi connectivity index (χ1n) is 15.5. The Hall–Kier alpha value is -4.09. The van der Waals surface area contributed by atoms with Crippen LogP contribution in [0, 0.1) is 5.41 Å². The lowest BCUT2D eigenvalue weighted by molar-refractivity contribution is -0.0794. The molecule has 0 aromatic heterocycles. The summed E-state index contributed by atoms with van der Waals surface area (Å²) >= 11 is 0. The Balaban J connectivity index is 1.67. The Bertz CT molecular complexity index is 1630. The third-order valence-electron chi connectivity index (χ3n) is 8.66. The zero-order chi connectivity index (χ0) is 33.7. The zero-order valence-corrected chi connectivity index (χ0v) is 27.7. The molecule has 0 saturated heterocycles. The fourth-order valence-electron chi connectivity index (χ4n) is 5.95. The summed E-state index contributed by atoms with van der Waals surface area (Å²) in [6.45, 7) is 5.81. The smallest absolute Gasteiger partial charge is 0.404 e. The zero-order valence-electron chi connectivity index (χ0n) is 26.9. The highest BCUT2D eigenvalue weighted by Crippen LogP contribution is 2.46. The molecule has 0 heterocycles. The molecule has 3 aromatic carbocycles. The molecule has 6 N–H and O–H groups in total. The molecule has 4 rings (SSSR count). The normalized spacial score (nSPS) is 16.2. The Kier molecular flexibility index (Phi) is 10.7. The third kappa shape index (κ3) is 8.79. The minimum atomic E-state index is -3.77. The Morgan fingerprint density at radius 2 is 1.57 bits per heavy atom. The Labute approximate surface area is 271 Å². The number of hydrogen-bond acceptors (Lipinski definition) is 8. The number of rotatable bonds is 11. The second kappa shape index (κ2) is 14.1. The molecule has 1 unspecified atom stereocenters. The number of ether oxygens (including phenoxy) is 2. The maximum absolute atomic E-state index is 12.9. The van der Waals surface area contributed by atoms with E-state index in [4.69, 9.17) is 20.9 Å². The number of nitrogen functional groups attached to an aromatic ring is 1. The summed E-state index contributed by atoms with van der Waals surface area (Å²) in [5.41, 5.74) is 13.2. The first kappa shape index (κ1) is 34.8. The van der Waals surface area contributed by atoms with Crippen LogP contribution in [0.3, 0.4) is 0 Å². The van der Waals surface area contributed by atoms with Crippen LogP contribution in [0.4, 0.5) is 10.5 Å². The van der Waals surface area contributed by atoms with Gasteiger partial charge in [0.1, 0.15) is 12.4 Å². The molecule has 0 bridgehead atoms. The fraction of sp³-hybridized carbons (Fsp3) is 0.429. The average Bonchev–Trinajstić information content (AvgIpc) is 2.98. The predicted molar refractivity (Wildman–Crippen MR) is 179 cm³/mol. The van der Waals surface area contributed by atoms with Crippen molar-refractivity contribution in [2.45, 2.75) is 76.9 Å². The molecule has 0 aliphatic heterocycles. The van der Waals surface area contributed by atoms with Gasteiger partial charge in [0.2, 0.25) is 10.0 Å². The summed E-state index contributed by atoms with van der Waals surface area (Å²) in [6.07, 6.45) is 5.10. The number of carbonyl (C=O) groups excluding carboxylic acids is 2. The molecular weight excluding hydrogens is 606 g/mol. The van der Waals surface area contributed by atoms with Crippen LogP contribution in [0.2, 0.25) is 0 Å². The number of amides is 2. The van der Waals surface area contributed by atoms with Crippen molar-refractivity contribution in [2.75, 3.05) is 18.6 Å². The van der Waals surface area contributed by atoms with Gasteiger partial charge in [-0.1, -0.05) is 69.7 Å². The van der Waals surface area contributed by atoms with E-state index in [9.17, 15) is 23.1 Å². The highest BCUT2D eigenvalue weighted by Gasteiger charge is 2.43. The molecule has 2 amide bonds. The van der Waals surface area contributed by atoms with Crippen LogP contribution in [0.5, 0.6) is 5.75 Å². The molecule has 1 aliphatic carbocycles. The number of anilines is 1. The molecule has 1 saturated carbocycles. The number of aliphatic hydroxyl groups is 1. The van der Waals surface area contributed by atoms with E-state index in [0.29, 0.717) is 17.0 Å². The highest BCUT2D eigenvalue weighted by atomic mass is 32.2. The van der Waals surface area contributed by atoms with Gasteiger partial charge in [-0.15, -0.1) is 0 Å². The molecule has 46 heavy (non-hydrogen) atoms. The van der Waals surface area contributed by atoms with Gasteiger partial charge >= 0.3 is 6.09 Å². The van der Waals surface area contributed by atoms with Crippen molar-refractivity contribution in [1.82, 2.24) is 4.72 Å². The van der Waals surface area contributed by atoms with Crippen molar-refractivity contribution in [3.63, 3.8) is 0 Å². The molecule has 2 atom stereocenters. The fourth-order valence-corrected chi connectivity index (χ4v) is 6.40. The van der Waals surface area contributed by atoms with Crippen molar-refractivity contribution >= 4 is 27.7 Å². The molecule has 0 radical (unpaired) electrons. The van der Waals surface area contributed by atoms with E-state index in [2.05, 4.69) is 0 Å². The van der Waals surface area contributed by atoms with Gasteiger partial charge in [-0.2, -0.15) is 0 Å². The molecular formula is C35H45N3O7S. The number of nitrogens with two attached hydrogens (primary N) is 2. The molecule has 248 valence electrons. The number of hydrogen-bond donors (Lipinski definition) is 4. The van der Waals surface area contributed by atoms with Gasteiger partial charge < -0.3 is 26.0 Å². The SMILES string of the molecule is CC(C)(C)[C@](O)(CC(COC(N)=O)c1ccc(-c2ccc(C(=O)NS(C)(=O)=O)c(OC3CCCCC3)c2)cc1)c1ccc(N)cc1. The maximum atomic E-state index is 12.9. The monoisotopic (exact) mass is 651 g/mol. The van der Waals surface area contributed by atoms with E-state index in [-0.39, 0.29) is 24.7 Å². The van der Waals surface area contributed by atoms with Crippen molar-refractivity contribution < 1.29 is 32.6 Å². The number of primary amides is 1. The van der Waals surface area contributed by atoms with E-state index < -0.39 is 39.0 Å². The topological polar surface area (TPSA) is 171 Å². The van der Waals surface area contributed by atoms with Crippen molar-refractivity contribution in [3.05, 3.63) is 83.4 Å². The van der Waals surface area contributed by atoms with Crippen molar-refractivity contribution in [1.29, 1.82) is 0 Å². The van der Waals surface area contributed by atoms with Crippen LogP contribution in [0.15, 0.2) is 66.7 Å². The summed E-state index contributed by atoms with van der Waals surface area (Å²) in [6, 6.07) is 19.8. The standard InChI is InChI=1S/C35H45N3O7S/c1-34(2,3)35(41,27-15-17-28(36)18-16-27)21-26(22-44-33(37)40)24-12-10-23(11-13-24)25-14-19-30(32(39)38-46(4,42)43)31(20-25)45-29-8-6-5-7-9-29/h10-20,26,29,41H,5-9,21-22,36H2,1-4H3,(H2,37,40)(H,38,39)/t26?,35-/m0/s1. The molecule has 11 heteroatoms. The molecule has 1 aliphatic rings. The Morgan fingerprint density at radius 1 is 0.957 bits per heavy atom. The second-order valence-electron chi connectivity index (χ2n) is 13.2. The first-order valence-corrected chi connectivity index (χ1v) is 17.4. The predicted octanol–water partition coefficient (Wildman–Crippen LogP) is 5.84. The maximum Gasteiger partial charge on any atom is 0.404 e. The number of benzene rings is 3. The highest BCUT2D eigenvalue weighted by molar-refractivity contribution is 7.89. The molecule has 0 spiro atoms. The number of nitrogens with one attached hydrogen (secondary N) is 1. The van der Waals surface area contributed by atoms with Crippen molar-refractivity contribution in [2.24, 2.45) is 11.1 Å². The molecule has 3 aromatic rings. The molecule has 1 fully saturated rings. The molecule has 10 nitrogen and oxygen atoms in total. The first-order chi connectivity index (χ1) is 21.6. The van der Waals surface area contributed by atoms with Crippen LogP contribution in [-0.4, -0.2) is 44.5 Å². The number of sulfonamides is 1. The summed E-state index contributed by atoms with van der Waals surface area (Å²) in [5.74, 6) is -0.836. The van der Waals surface area contributed by atoms with Crippen molar-refractivity contribution in [3.8, 4) is 16.9 Å². The summed E-state index contributed by atoms with van der Waals surface area (Å²) in [7, 11) is -3.77. The lowest BCUT2D eigenvalue weighted by atomic mass is 9.67. The van der Waals surface area contributed by atoms with Crippen LogP contribution in [0.25, 0.3) is 11.1 Å². The van der Waals surface area contributed by atoms with Crippen LogP contribution in [-0.2, 0) is 20.4 Å². The van der Waals surface area contributed by atoms with Gasteiger partial charge in [-0.25, -0.2) is 17.9 Å². The number of carbonyl (C=O) groups is 2. The van der Waals surface area contributed by atoms with Crippen LogP contribution < -0.4 is 20.9 Å². The van der Waals surface area contributed by atoms with E-state index in [1.54, 1.807) is 30.3 Å². The summed E-state index contributed by atoms with van der Waals surface area (Å²) < 4.78 is 37.1. The summed E-state index contributed by atoms with van der Waals surface area (Å²) in [5, 5.41) is 12.1. The van der Waals surface area contributed by atoms with Gasteiger partial charge in [0.25, 0.3) is 5.91 Å². The van der Waals surface area contributed by atoms with Gasteiger partial charge in [0, 0.05) is 11.6 Å². The van der Waals surface area contributed by atoms with E-state index >= 15 is 0 Å². The van der Waals surface area contributed by atoms with E-state index in [1.807, 2.05) is 61.9 Å². The Morgan fingerprint density at radius 3 is 2.13 bits per heavy atom. The second-order valence-corrected chi connectivity index (χ2v) is 14.9. The minimum Gasteiger partial charge on any atom is -0.490 e. The van der Waals surface area contributed by atoms with Gasteiger partial charge in [-0.3, -0.25) is 4.79 Å². The lowest BCUT2D eigenvalue weighted by Gasteiger charge is -2.43. The quantitative estimate of drug-likeness (QED) is 0.187. The van der Waals surface area contributed by atoms with Gasteiger partial charge in [0.05, 0.1) is 23.5 Å². The summed E-state index contributed by atoms with van der Waals surface area (Å²) in [4.78, 5) is 24.5. The van der Waals surface area contributed by atoms with Crippen LogP contribution in [0.1, 0.15) is 86.7 Å². The van der Waals surface area contributed by atoms with E-state index in [0.717, 1.165) is 55.1 Å². The third-order valence-corrected chi connectivity index (χ3v) is 9.22. The lowest BCUT2D eigenvalue weighted by Crippen LogP contribution is -2.42. The largest absolute Gasteiger partial charge is 0.490 e.